The van der Waals surface area contributed by atoms with Gasteiger partial charge in [-0.05, 0) is 18.8 Å². The van der Waals surface area contributed by atoms with Crippen LogP contribution in [0.15, 0.2) is 0 Å². The molecule has 0 aromatic rings. The summed E-state index contributed by atoms with van der Waals surface area (Å²) in [6.45, 7) is 8.90. The number of nitrogens with two attached hydrogens (primary N) is 1. The van der Waals surface area contributed by atoms with Crippen LogP contribution in [0.3, 0.4) is 0 Å². The average Bonchev–Trinajstić information content (AvgIpc) is 1.98. The van der Waals surface area contributed by atoms with Crippen LogP contribution in [0.1, 0.15) is 47.0 Å². The van der Waals surface area contributed by atoms with Crippen molar-refractivity contribution in [2.45, 2.75) is 53.0 Å². The van der Waals surface area contributed by atoms with Crippen LogP contribution in [0.2, 0.25) is 0 Å². The zero-order valence-corrected chi connectivity index (χ0v) is 8.43. The van der Waals surface area contributed by atoms with E-state index >= 15 is 0 Å². The topological polar surface area (TPSA) is 26.0 Å². The highest BCUT2D eigenvalue weighted by atomic mass is 14.6. The average molecular weight is 157 g/mol. The van der Waals surface area contributed by atoms with Crippen LogP contribution in [-0.4, -0.2) is 6.04 Å². The van der Waals surface area contributed by atoms with E-state index in [0.717, 1.165) is 5.92 Å². The zero-order chi connectivity index (χ0) is 8.85. The predicted octanol–water partition coefficient (Wildman–Crippen LogP) is 2.80. The van der Waals surface area contributed by atoms with E-state index < -0.39 is 0 Å². The van der Waals surface area contributed by atoms with Crippen LogP contribution in [0.5, 0.6) is 0 Å². The SMILES string of the molecule is CCCC(CC)C(C)C(C)N. The normalized spacial score (nSPS) is 19.4. The van der Waals surface area contributed by atoms with Crippen LogP contribution in [-0.2, 0) is 0 Å². The maximum atomic E-state index is 5.84. The Morgan fingerprint density at radius 3 is 2.00 bits per heavy atom. The van der Waals surface area contributed by atoms with E-state index in [9.17, 15) is 0 Å². The quantitative estimate of drug-likeness (QED) is 0.652. The smallest absolute Gasteiger partial charge is 0.00387 e. The first kappa shape index (κ1) is 11.0. The molecule has 1 nitrogen and oxygen atoms in total. The molecule has 0 bridgehead atoms. The van der Waals surface area contributed by atoms with Gasteiger partial charge in [-0.15, -0.1) is 0 Å². The van der Waals surface area contributed by atoms with Crippen molar-refractivity contribution in [3.8, 4) is 0 Å². The molecule has 0 aromatic carbocycles. The minimum atomic E-state index is 0.353. The summed E-state index contributed by atoms with van der Waals surface area (Å²) in [7, 11) is 0. The zero-order valence-electron chi connectivity index (χ0n) is 8.43. The van der Waals surface area contributed by atoms with Crippen LogP contribution in [0.25, 0.3) is 0 Å². The van der Waals surface area contributed by atoms with Gasteiger partial charge < -0.3 is 5.73 Å². The Morgan fingerprint density at radius 2 is 1.73 bits per heavy atom. The van der Waals surface area contributed by atoms with Crippen molar-refractivity contribution in [2.24, 2.45) is 17.6 Å². The third-order valence-corrected chi connectivity index (χ3v) is 2.76. The Morgan fingerprint density at radius 1 is 1.18 bits per heavy atom. The lowest BCUT2D eigenvalue weighted by Crippen LogP contribution is -2.30. The first-order chi connectivity index (χ1) is 5.13. The van der Waals surface area contributed by atoms with E-state index in [2.05, 4.69) is 27.7 Å². The van der Waals surface area contributed by atoms with Gasteiger partial charge in [0.2, 0.25) is 0 Å². The highest BCUT2D eigenvalue weighted by Crippen LogP contribution is 2.22. The second-order valence-electron chi connectivity index (χ2n) is 3.68. The molecule has 0 radical (unpaired) electrons. The first-order valence-electron chi connectivity index (χ1n) is 4.89. The summed E-state index contributed by atoms with van der Waals surface area (Å²) in [5.74, 6) is 1.51. The largest absolute Gasteiger partial charge is 0.328 e. The fraction of sp³-hybridized carbons (Fsp3) is 1.00. The maximum absolute atomic E-state index is 5.84. The molecular weight excluding hydrogens is 134 g/mol. The molecule has 3 atom stereocenters. The predicted molar refractivity (Wildman–Crippen MR) is 51.5 cm³/mol. The summed E-state index contributed by atoms with van der Waals surface area (Å²) >= 11 is 0. The van der Waals surface area contributed by atoms with Crippen molar-refractivity contribution in [1.29, 1.82) is 0 Å². The lowest BCUT2D eigenvalue weighted by atomic mass is 9.84. The standard InChI is InChI=1S/C10H23N/c1-5-7-10(6-2)8(3)9(4)11/h8-10H,5-7,11H2,1-4H3. The van der Waals surface area contributed by atoms with Gasteiger partial charge in [0, 0.05) is 6.04 Å². The Balaban J connectivity index is 3.81. The molecule has 0 amide bonds. The second kappa shape index (κ2) is 5.59. The van der Waals surface area contributed by atoms with Crippen molar-refractivity contribution in [3.05, 3.63) is 0 Å². The summed E-state index contributed by atoms with van der Waals surface area (Å²) in [5.41, 5.74) is 5.84. The van der Waals surface area contributed by atoms with Crippen molar-refractivity contribution in [3.63, 3.8) is 0 Å². The molecule has 0 aromatic heterocycles. The third kappa shape index (κ3) is 3.76. The van der Waals surface area contributed by atoms with E-state index in [4.69, 9.17) is 5.73 Å². The van der Waals surface area contributed by atoms with E-state index in [1.165, 1.54) is 19.3 Å². The van der Waals surface area contributed by atoms with E-state index in [-0.39, 0.29) is 0 Å². The summed E-state index contributed by atoms with van der Waals surface area (Å²) in [6, 6.07) is 0.353. The monoisotopic (exact) mass is 157 g/mol. The Kier molecular flexibility index (Phi) is 5.57. The van der Waals surface area contributed by atoms with Crippen LogP contribution in [0, 0.1) is 11.8 Å². The fourth-order valence-corrected chi connectivity index (χ4v) is 1.64. The molecule has 0 aliphatic rings. The third-order valence-electron chi connectivity index (χ3n) is 2.76. The van der Waals surface area contributed by atoms with Gasteiger partial charge in [-0.2, -0.15) is 0 Å². The fourth-order valence-electron chi connectivity index (χ4n) is 1.64. The minimum absolute atomic E-state index is 0.353. The second-order valence-corrected chi connectivity index (χ2v) is 3.68. The summed E-state index contributed by atoms with van der Waals surface area (Å²) in [4.78, 5) is 0. The van der Waals surface area contributed by atoms with E-state index in [0.29, 0.717) is 12.0 Å². The van der Waals surface area contributed by atoms with Crippen molar-refractivity contribution in [1.82, 2.24) is 0 Å². The molecule has 68 valence electrons. The molecule has 0 spiro atoms. The highest BCUT2D eigenvalue weighted by molar-refractivity contribution is 4.71. The number of rotatable bonds is 5. The van der Waals surface area contributed by atoms with Gasteiger partial charge in [-0.25, -0.2) is 0 Å². The molecule has 0 aliphatic carbocycles. The summed E-state index contributed by atoms with van der Waals surface area (Å²) < 4.78 is 0. The number of hydrogen-bond acceptors (Lipinski definition) is 1. The highest BCUT2D eigenvalue weighted by Gasteiger charge is 2.17. The molecule has 0 rings (SSSR count). The molecule has 0 aliphatic heterocycles. The molecule has 3 unspecified atom stereocenters. The van der Waals surface area contributed by atoms with Crippen molar-refractivity contribution >= 4 is 0 Å². The van der Waals surface area contributed by atoms with E-state index in [1.54, 1.807) is 0 Å². The van der Waals surface area contributed by atoms with Gasteiger partial charge >= 0.3 is 0 Å². The van der Waals surface area contributed by atoms with Crippen LogP contribution in [0.4, 0.5) is 0 Å². The molecule has 2 N–H and O–H groups in total. The van der Waals surface area contributed by atoms with Gasteiger partial charge in [0.05, 0.1) is 0 Å². The van der Waals surface area contributed by atoms with Gasteiger partial charge in [-0.3, -0.25) is 0 Å². The van der Waals surface area contributed by atoms with Crippen molar-refractivity contribution < 1.29 is 0 Å². The lowest BCUT2D eigenvalue weighted by Gasteiger charge is -2.25. The number of hydrogen-bond donors (Lipinski definition) is 1. The minimum Gasteiger partial charge on any atom is -0.328 e. The summed E-state index contributed by atoms with van der Waals surface area (Å²) in [5, 5.41) is 0. The molecule has 1 heteroatoms. The van der Waals surface area contributed by atoms with Gasteiger partial charge in [0.1, 0.15) is 0 Å². The summed E-state index contributed by atoms with van der Waals surface area (Å²) in [6.07, 6.45) is 3.89. The van der Waals surface area contributed by atoms with Crippen LogP contribution >= 0.6 is 0 Å². The molecule has 11 heavy (non-hydrogen) atoms. The van der Waals surface area contributed by atoms with Gasteiger partial charge in [0.15, 0.2) is 0 Å². The van der Waals surface area contributed by atoms with Crippen LogP contribution < -0.4 is 5.73 Å². The Labute approximate surface area is 71.4 Å². The van der Waals surface area contributed by atoms with Gasteiger partial charge in [0.25, 0.3) is 0 Å². The Hall–Kier alpha value is -0.0400. The molecular formula is C10H23N. The maximum Gasteiger partial charge on any atom is 0.00387 e. The van der Waals surface area contributed by atoms with E-state index in [1.807, 2.05) is 0 Å². The first-order valence-corrected chi connectivity index (χ1v) is 4.89. The Bertz CT molecular complexity index is 88.9. The molecule has 0 heterocycles. The van der Waals surface area contributed by atoms with Crippen molar-refractivity contribution in [2.75, 3.05) is 0 Å². The molecule has 0 fully saturated rings. The molecule has 0 saturated carbocycles. The van der Waals surface area contributed by atoms with Gasteiger partial charge in [-0.1, -0.05) is 40.0 Å². The molecule has 0 saturated heterocycles. The lowest BCUT2D eigenvalue weighted by molar-refractivity contribution is 0.287.